The summed E-state index contributed by atoms with van der Waals surface area (Å²) >= 11 is 0. The SMILES string of the molecule is COc1cc2[nH]c3c(N(C)CC(OC)OC)ncnc3c2cc1OC. The number of aromatic nitrogens is 3. The van der Waals surface area contributed by atoms with E-state index in [4.69, 9.17) is 18.9 Å². The molecular formula is C17H22N4O4. The number of fused-ring (bicyclic) bond motifs is 3. The molecule has 1 aromatic carbocycles. The van der Waals surface area contributed by atoms with E-state index in [1.54, 1.807) is 34.8 Å². The zero-order chi connectivity index (χ0) is 18.0. The van der Waals surface area contributed by atoms with E-state index < -0.39 is 0 Å². The van der Waals surface area contributed by atoms with Crippen LogP contribution in [0, 0.1) is 0 Å². The molecule has 0 aliphatic heterocycles. The summed E-state index contributed by atoms with van der Waals surface area (Å²) in [6, 6.07) is 3.81. The third-order valence-corrected chi connectivity index (χ3v) is 4.18. The van der Waals surface area contributed by atoms with Gasteiger partial charge >= 0.3 is 0 Å². The van der Waals surface area contributed by atoms with Crippen LogP contribution in [0.2, 0.25) is 0 Å². The molecule has 3 aromatic rings. The highest BCUT2D eigenvalue weighted by Crippen LogP contribution is 2.36. The first kappa shape index (κ1) is 17.2. The average Bonchev–Trinajstić information content (AvgIpc) is 3.01. The lowest BCUT2D eigenvalue weighted by atomic mass is 10.2. The van der Waals surface area contributed by atoms with E-state index in [9.17, 15) is 0 Å². The molecule has 2 aromatic heterocycles. The number of anilines is 1. The molecule has 0 amide bonds. The van der Waals surface area contributed by atoms with Gasteiger partial charge in [-0.3, -0.25) is 0 Å². The van der Waals surface area contributed by atoms with Gasteiger partial charge in [-0.2, -0.15) is 0 Å². The first-order chi connectivity index (χ1) is 12.1. The van der Waals surface area contributed by atoms with Crippen molar-refractivity contribution in [3.05, 3.63) is 18.5 Å². The van der Waals surface area contributed by atoms with Crippen LogP contribution in [0.4, 0.5) is 5.82 Å². The Morgan fingerprint density at radius 2 is 1.72 bits per heavy atom. The number of nitrogens with one attached hydrogen (secondary N) is 1. The molecule has 0 atom stereocenters. The van der Waals surface area contributed by atoms with Crippen molar-refractivity contribution in [3.8, 4) is 11.5 Å². The molecule has 0 radical (unpaired) electrons. The second-order valence-corrected chi connectivity index (χ2v) is 5.58. The minimum absolute atomic E-state index is 0.348. The zero-order valence-corrected chi connectivity index (χ0v) is 15.0. The maximum absolute atomic E-state index is 5.40. The molecule has 0 saturated carbocycles. The van der Waals surface area contributed by atoms with Gasteiger partial charge in [-0.25, -0.2) is 9.97 Å². The van der Waals surface area contributed by atoms with Gasteiger partial charge in [-0.15, -0.1) is 0 Å². The van der Waals surface area contributed by atoms with Gasteiger partial charge in [0.2, 0.25) is 0 Å². The molecule has 0 unspecified atom stereocenters. The van der Waals surface area contributed by atoms with Crippen LogP contribution in [0.1, 0.15) is 0 Å². The number of nitrogens with zero attached hydrogens (tertiary/aromatic N) is 3. The predicted molar refractivity (Wildman–Crippen MR) is 95.6 cm³/mol. The number of aromatic amines is 1. The molecule has 3 rings (SSSR count). The van der Waals surface area contributed by atoms with Crippen molar-refractivity contribution in [2.75, 3.05) is 46.9 Å². The van der Waals surface area contributed by atoms with Crippen LogP contribution in [0.25, 0.3) is 21.9 Å². The van der Waals surface area contributed by atoms with Gasteiger partial charge < -0.3 is 28.8 Å². The molecular weight excluding hydrogens is 324 g/mol. The summed E-state index contributed by atoms with van der Waals surface area (Å²) in [5.74, 6) is 2.07. The topological polar surface area (TPSA) is 81.7 Å². The zero-order valence-electron chi connectivity index (χ0n) is 15.0. The summed E-state index contributed by atoms with van der Waals surface area (Å²) in [6.07, 6.45) is 1.20. The third kappa shape index (κ3) is 3.06. The van der Waals surface area contributed by atoms with Crippen molar-refractivity contribution in [2.45, 2.75) is 6.29 Å². The van der Waals surface area contributed by atoms with Crippen LogP contribution in [0.5, 0.6) is 11.5 Å². The van der Waals surface area contributed by atoms with Crippen LogP contribution in [-0.2, 0) is 9.47 Å². The number of hydrogen-bond donors (Lipinski definition) is 1. The van der Waals surface area contributed by atoms with Crippen LogP contribution in [0.3, 0.4) is 0 Å². The number of methoxy groups -OCH3 is 4. The van der Waals surface area contributed by atoms with Crippen LogP contribution in [0.15, 0.2) is 18.5 Å². The first-order valence-electron chi connectivity index (χ1n) is 7.78. The fraction of sp³-hybridized carbons (Fsp3) is 0.412. The van der Waals surface area contributed by atoms with E-state index in [0.717, 1.165) is 27.8 Å². The van der Waals surface area contributed by atoms with E-state index in [2.05, 4.69) is 15.0 Å². The molecule has 1 N–H and O–H groups in total. The van der Waals surface area contributed by atoms with Crippen molar-refractivity contribution in [1.82, 2.24) is 15.0 Å². The number of benzene rings is 1. The van der Waals surface area contributed by atoms with Gasteiger partial charge in [0.15, 0.2) is 23.6 Å². The maximum atomic E-state index is 5.40. The van der Waals surface area contributed by atoms with Crippen molar-refractivity contribution >= 4 is 27.8 Å². The lowest BCUT2D eigenvalue weighted by Gasteiger charge is -2.23. The Morgan fingerprint density at radius 3 is 2.36 bits per heavy atom. The monoisotopic (exact) mass is 346 g/mol. The second-order valence-electron chi connectivity index (χ2n) is 5.58. The van der Waals surface area contributed by atoms with Gasteiger partial charge in [0, 0.05) is 32.7 Å². The number of likely N-dealkylation sites (N-methyl/N-ethyl adjacent to an activating group) is 1. The van der Waals surface area contributed by atoms with Gasteiger partial charge in [0.05, 0.1) is 26.3 Å². The number of hydrogen-bond acceptors (Lipinski definition) is 7. The summed E-state index contributed by atoms with van der Waals surface area (Å²) in [7, 11) is 8.38. The molecule has 0 saturated heterocycles. The Hall–Kier alpha value is -2.58. The van der Waals surface area contributed by atoms with Crippen molar-refractivity contribution < 1.29 is 18.9 Å². The molecule has 0 aliphatic rings. The largest absolute Gasteiger partial charge is 0.493 e. The Labute approximate surface area is 145 Å². The summed E-state index contributed by atoms with van der Waals surface area (Å²) in [5.41, 5.74) is 2.55. The molecule has 0 fully saturated rings. The summed E-state index contributed by atoms with van der Waals surface area (Å²) < 4.78 is 21.3. The highest BCUT2D eigenvalue weighted by Gasteiger charge is 2.18. The van der Waals surface area contributed by atoms with Crippen LogP contribution < -0.4 is 14.4 Å². The lowest BCUT2D eigenvalue weighted by molar-refractivity contribution is -0.0944. The summed E-state index contributed by atoms with van der Waals surface area (Å²) in [5, 5.41) is 0.944. The normalized spacial score (nSPS) is 11.4. The molecule has 0 spiro atoms. The fourth-order valence-corrected chi connectivity index (χ4v) is 2.85. The maximum Gasteiger partial charge on any atom is 0.174 e. The minimum atomic E-state index is -0.348. The van der Waals surface area contributed by atoms with Crippen molar-refractivity contribution in [3.63, 3.8) is 0 Å². The van der Waals surface area contributed by atoms with E-state index in [0.29, 0.717) is 18.0 Å². The summed E-state index contributed by atoms with van der Waals surface area (Å²) in [4.78, 5) is 14.2. The molecule has 0 bridgehead atoms. The van der Waals surface area contributed by atoms with Crippen LogP contribution >= 0.6 is 0 Å². The van der Waals surface area contributed by atoms with E-state index in [-0.39, 0.29) is 6.29 Å². The smallest absolute Gasteiger partial charge is 0.174 e. The third-order valence-electron chi connectivity index (χ3n) is 4.18. The van der Waals surface area contributed by atoms with Gasteiger partial charge in [-0.1, -0.05) is 0 Å². The summed E-state index contributed by atoms with van der Waals surface area (Å²) in [6.45, 7) is 0.529. The fourth-order valence-electron chi connectivity index (χ4n) is 2.85. The first-order valence-corrected chi connectivity index (χ1v) is 7.78. The molecule has 2 heterocycles. The molecule has 8 heteroatoms. The van der Waals surface area contributed by atoms with Crippen molar-refractivity contribution in [1.29, 1.82) is 0 Å². The van der Waals surface area contributed by atoms with Gasteiger partial charge in [0.1, 0.15) is 17.4 Å². The molecule has 134 valence electrons. The Bertz CT molecular complexity index is 876. The highest BCUT2D eigenvalue weighted by atomic mass is 16.7. The van der Waals surface area contributed by atoms with Gasteiger partial charge in [0.25, 0.3) is 0 Å². The van der Waals surface area contributed by atoms with E-state index in [1.807, 2.05) is 24.1 Å². The average molecular weight is 346 g/mol. The standard InChI is InChI=1S/C17H22N4O4/c1-21(8-14(24-4)25-5)17-16-15(18-9-19-17)10-6-12(22-2)13(23-3)7-11(10)20-16/h6-7,9,14,20H,8H2,1-5H3. The Kier molecular flexibility index (Phi) is 4.91. The molecule has 8 nitrogen and oxygen atoms in total. The highest BCUT2D eigenvalue weighted by molar-refractivity contribution is 6.09. The minimum Gasteiger partial charge on any atom is -0.493 e. The quantitative estimate of drug-likeness (QED) is 0.657. The van der Waals surface area contributed by atoms with E-state index in [1.165, 1.54) is 0 Å². The number of ether oxygens (including phenoxy) is 4. The molecule has 0 aliphatic carbocycles. The number of H-pyrrole nitrogens is 1. The number of rotatable bonds is 7. The Morgan fingerprint density at radius 1 is 1.04 bits per heavy atom. The second kappa shape index (κ2) is 7.12. The lowest BCUT2D eigenvalue weighted by Crippen LogP contribution is -2.32. The Balaban J connectivity index is 2.12. The predicted octanol–water partition coefficient (Wildman–Crippen LogP) is 2.18. The van der Waals surface area contributed by atoms with Crippen LogP contribution in [-0.4, -0.2) is 63.3 Å². The molecule has 25 heavy (non-hydrogen) atoms. The van der Waals surface area contributed by atoms with Crippen molar-refractivity contribution in [2.24, 2.45) is 0 Å². The van der Waals surface area contributed by atoms with Gasteiger partial charge in [-0.05, 0) is 6.07 Å². The van der Waals surface area contributed by atoms with E-state index >= 15 is 0 Å².